The maximum absolute atomic E-state index is 4.63. The third kappa shape index (κ3) is 5.69. The molecule has 0 aromatic carbocycles. The number of hydrogen-bond acceptors (Lipinski definition) is 2. The first-order valence-corrected chi connectivity index (χ1v) is 9.52. The Morgan fingerprint density at radius 2 is 1.27 bits per heavy atom. The molecule has 0 bridgehead atoms. The molecule has 0 saturated heterocycles. The molecule has 0 aliphatic heterocycles. The zero-order chi connectivity index (χ0) is 8.74. The van der Waals surface area contributed by atoms with Crippen molar-refractivity contribution in [3.63, 3.8) is 0 Å². The van der Waals surface area contributed by atoms with Gasteiger partial charge in [0.15, 0.2) is 0 Å². The van der Waals surface area contributed by atoms with Crippen molar-refractivity contribution >= 4 is 13.3 Å². The molecule has 0 fully saturated rings. The van der Waals surface area contributed by atoms with E-state index in [-0.39, 0.29) is 0 Å². The van der Waals surface area contributed by atoms with E-state index >= 15 is 0 Å². The number of rotatable bonds is 0. The molecule has 0 N–H and O–H groups in total. The fourth-order valence-electron chi connectivity index (χ4n) is 0.388. The van der Waals surface area contributed by atoms with Crippen LogP contribution < -0.4 is 0 Å². The molecule has 0 aromatic heterocycles. The van der Waals surface area contributed by atoms with Crippen LogP contribution in [-0.2, 0) is 9.47 Å². The minimum absolute atomic E-state index is 1.55. The first kappa shape index (κ1) is 10.3. The summed E-state index contributed by atoms with van der Waals surface area (Å²) in [6, 6.07) is 0. The van der Waals surface area contributed by atoms with E-state index in [4.69, 9.17) is 0 Å². The van der Waals surface area contributed by atoms with E-state index in [0.29, 0.717) is 0 Å². The molecule has 0 spiro atoms. The van der Waals surface area contributed by atoms with Crippen molar-refractivity contribution in [3.05, 3.63) is 0 Å². The first-order valence-electron chi connectivity index (χ1n) is 3.22. The normalized spacial score (nSPS) is 8.36. The van der Waals surface area contributed by atoms with Gasteiger partial charge in [-0.25, -0.2) is 0 Å². The summed E-state index contributed by atoms with van der Waals surface area (Å²) in [4.78, 5) is 0. The van der Waals surface area contributed by atoms with Gasteiger partial charge in [0.25, 0.3) is 0 Å². The van der Waals surface area contributed by atoms with Gasteiger partial charge in [-0.1, -0.05) is 0 Å². The van der Waals surface area contributed by atoms with Crippen LogP contribution in [0.15, 0.2) is 0 Å². The molecule has 0 aliphatic rings. The Morgan fingerprint density at radius 3 is 1.55 bits per heavy atom. The van der Waals surface area contributed by atoms with Crippen LogP contribution in [0, 0.1) is 21.7 Å². The van der Waals surface area contributed by atoms with Crippen molar-refractivity contribution in [1.29, 1.82) is 0 Å². The molecule has 0 radical (unpaired) electrons. The third-order valence-corrected chi connectivity index (χ3v) is 3.98. The summed E-state index contributed by atoms with van der Waals surface area (Å²) in [6.45, 7) is 0. The first-order chi connectivity index (χ1) is 5.12. The second-order valence-electron chi connectivity index (χ2n) is 2.49. The van der Waals surface area contributed by atoms with Crippen LogP contribution in [0.1, 0.15) is 0 Å². The van der Waals surface area contributed by atoms with Gasteiger partial charge in [-0.2, -0.15) is 0 Å². The van der Waals surface area contributed by atoms with Gasteiger partial charge in [0, 0.05) is 0 Å². The van der Waals surface area contributed by atoms with Crippen LogP contribution in [0.3, 0.4) is 0 Å². The Hall–Kier alpha value is -0.737. The van der Waals surface area contributed by atoms with Crippen LogP contribution in [0.4, 0.5) is 0 Å². The topological polar surface area (TPSA) is 18.5 Å². The number of ether oxygens (including phenoxy) is 2. The molecular formula is C8H12GeO2. The molecule has 0 atom stereocenters. The van der Waals surface area contributed by atoms with Crippen LogP contribution in [-0.4, -0.2) is 27.5 Å². The van der Waals surface area contributed by atoms with E-state index in [2.05, 4.69) is 42.7 Å². The van der Waals surface area contributed by atoms with Crippen LogP contribution in [0.25, 0.3) is 0 Å². The molecule has 0 unspecified atom stereocenters. The van der Waals surface area contributed by atoms with Crippen molar-refractivity contribution in [2.75, 3.05) is 14.2 Å². The summed E-state index contributed by atoms with van der Waals surface area (Å²) in [7, 11) is 3.10. The summed E-state index contributed by atoms with van der Waals surface area (Å²) in [5.41, 5.74) is 0. The fourth-order valence-corrected chi connectivity index (χ4v) is 2.02. The number of hydrogen-bond donors (Lipinski definition) is 0. The predicted octanol–water partition coefficient (Wildman–Crippen LogP) is 0.988. The average Bonchev–Trinajstić information content (AvgIpc) is 1.97. The molecule has 11 heavy (non-hydrogen) atoms. The third-order valence-electron chi connectivity index (χ3n) is 0.931. The summed E-state index contributed by atoms with van der Waals surface area (Å²) in [5, 5.41) is 0. The molecule has 0 amide bonds. The zero-order valence-corrected chi connectivity index (χ0v) is 9.41. The van der Waals surface area contributed by atoms with Gasteiger partial charge in [-0.15, -0.1) is 0 Å². The summed E-state index contributed by atoms with van der Waals surface area (Å²) >= 11 is -2.19. The molecule has 3 heteroatoms. The Morgan fingerprint density at radius 1 is 0.909 bits per heavy atom. The quantitative estimate of drug-likeness (QED) is 0.441. The van der Waals surface area contributed by atoms with E-state index in [1.165, 1.54) is 0 Å². The molecule has 0 aliphatic carbocycles. The van der Waals surface area contributed by atoms with Crippen LogP contribution in [0.5, 0.6) is 0 Å². The fraction of sp³-hybridized carbons (Fsp3) is 0.500. The Bertz CT molecular complexity index is 200. The minimum atomic E-state index is -2.19. The summed E-state index contributed by atoms with van der Waals surface area (Å²) in [6.07, 6.45) is 5.15. The summed E-state index contributed by atoms with van der Waals surface area (Å²) in [5.74, 6) is 4.16. The molecule has 0 saturated carbocycles. The van der Waals surface area contributed by atoms with Crippen molar-refractivity contribution < 1.29 is 9.47 Å². The predicted molar refractivity (Wildman–Crippen MR) is 47.1 cm³/mol. The SMILES string of the molecule is COC#[C][Ge]([CH3])([CH3])[C]#COC. The van der Waals surface area contributed by atoms with Crippen molar-refractivity contribution in [1.82, 2.24) is 0 Å². The molecule has 60 valence electrons. The Balaban J connectivity index is 4.21. The van der Waals surface area contributed by atoms with Gasteiger partial charge < -0.3 is 0 Å². The van der Waals surface area contributed by atoms with Crippen LogP contribution in [0.2, 0.25) is 11.5 Å². The van der Waals surface area contributed by atoms with E-state index in [0.717, 1.165) is 0 Å². The standard InChI is InChI=1S/C8H12GeO2/c1-9(2,5-7-10-3)6-8-11-4/h1-4H3. The molecular weight excluding hydrogens is 201 g/mol. The monoisotopic (exact) mass is 214 g/mol. The van der Waals surface area contributed by atoms with Crippen molar-refractivity contribution in [2.45, 2.75) is 11.5 Å². The zero-order valence-electron chi connectivity index (χ0n) is 7.32. The van der Waals surface area contributed by atoms with Gasteiger partial charge in [0.2, 0.25) is 0 Å². The van der Waals surface area contributed by atoms with Gasteiger partial charge in [-0.05, 0) is 0 Å². The molecule has 0 aromatic rings. The van der Waals surface area contributed by atoms with Crippen molar-refractivity contribution in [3.8, 4) is 21.7 Å². The van der Waals surface area contributed by atoms with Gasteiger partial charge in [-0.3, -0.25) is 0 Å². The van der Waals surface area contributed by atoms with E-state index < -0.39 is 13.3 Å². The Kier molecular flexibility index (Phi) is 4.65. The maximum atomic E-state index is 4.63. The second kappa shape index (κ2) is 4.99. The number of methoxy groups -OCH3 is 2. The molecule has 2 nitrogen and oxygen atoms in total. The van der Waals surface area contributed by atoms with E-state index in [1.54, 1.807) is 14.2 Å². The van der Waals surface area contributed by atoms with Crippen LogP contribution >= 0.6 is 0 Å². The Labute approximate surface area is 70.6 Å². The average molecular weight is 213 g/mol. The van der Waals surface area contributed by atoms with Gasteiger partial charge >= 0.3 is 70.2 Å². The van der Waals surface area contributed by atoms with E-state index in [1.807, 2.05) is 0 Å². The molecule has 0 rings (SSSR count). The summed E-state index contributed by atoms with van der Waals surface area (Å²) < 4.78 is 15.3. The second-order valence-corrected chi connectivity index (χ2v) is 10.4. The van der Waals surface area contributed by atoms with Gasteiger partial charge in [0.05, 0.1) is 0 Å². The molecule has 0 heterocycles. The van der Waals surface area contributed by atoms with Crippen molar-refractivity contribution in [2.24, 2.45) is 0 Å². The van der Waals surface area contributed by atoms with E-state index in [9.17, 15) is 0 Å². The van der Waals surface area contributed by atoms with Gasteiger partial charge in [0.1, 0.15) is 0 Å².